The molecule has 0 aliphatic carbocycles. The van der Waals surface area contributed by atoms with Gasteiger partial charge in [-0.3, -0.25) is 4.90 Å². The van der Waals surface area contributed by atoms with Gasteiger partial charge in [0.25, 0.3) is 0 Å². The quantitative estimate of drug-likeness (QED) is 0.700. The third kappa shape index (κ3) is 1.37. The van der Waals surface area contributed by atoms with Gasteiger partial charge in [-0.05, 0) is 47.0 Å². The molecule has 2 aliphatic heterocycles. The van der Waals surface area contributed by atoms with Crippen molar-refractivity contribution < 1.29 is 5.21 Å². The summed E-state index contributed by atoms with van der Waals surface area (Å²) in [5.74, 6) is 0. The second-order valence-electron chi connectivity index (χ2n) is 5.32. The van der Waals surface area contributed by atoms with E-state index in [0.717, 1.165) is 19.3 Å². The molecule has 0 saturated carbocycles. The Hall–Kier alpha value is -0.120. The van der Waals surface area contributed by atoms with E-state index in [4.69, 9.17) is 13.8 Å². The molecule has 83 valence electrons. The first-order valence-corrected chi connectivity index (χ1v) is 5.59. The molecule has 3 atom stereocenters. The van der Waals surface area contributed by atoms with E-state index in [2.05, 4.69) is 6.92 Å². The van der Waals surface area contributed by atoms with E-state index in [1.807, 2.05) is 11.8 Å². The van der Waals surface area contributed by atoms with Gasteiger partial charge in [-0.25, -0.2) is 0 Å². The Morgan fingerprint density at radius 2 is 1.93 bits per heavy atom. The van der Waals surface area contributed by atoms with Crippen LogP contribution in [0, 0.1) is 13.8 Å². The van der Waals surface area contributed by atoms with Crippen molar-refractivity contribution in [3.63, 3.8) is 0 Å². The Balaban J connectivity index is 2.24. The third-order valence-electron chi connectivity index (χ3n) is 4.38. The van der Waals surface area contributed by atoms with Crippen molar-refractivity contribution >= 4 is 0 Å². The SMILES string of the molecule is [CH]CN(C[CH])C1CC2(C)CCC1(C)N2[O]. The monoisotopic (exact) mass is 207 g/mol. The molecular formula is C12H19N2O. The minimum atomic E-state index is -0.284. The molecule has 2 rings (SSSR count). The van der Waals surface area contributed by atoms with Gasteiger partial charge in [0.1, 0.15) is 0 Å². The van der Waals surface area contributed by atoms with Crippen LogP contribution in [0.5, 0.6) is 0 Å². The summed E-state index contributed by atoms with van der Waals surface area (Å²) < 4.78 is 0. The summed E-state index contributed by atoms with van der Waals surface area (Å²) in [4.78, 5) is 2.01. The summed E-state index contributed by atoms with van der Waals surface area (Å²) in [6.07, 6.45) is 2.84. The fraction of sp³-hybridized carbons (Fsp3) is 0.833. The highest BCUT2D eigenvalue weighted by Gasteiger charge is 2.63. The maximum Gasteiger partial charge on any atom is 0.0628 e. The smallest absolute Gasteiger partial charge is 0.0628 e. The van der Waals surface area contributed by atoms with Crippen LogP contribution in [0.25, 0.3) is 0 Å². The molecular weight excluding hydrogens is 188 g/mol. The summed E-state index contributed by atoms with van der Waals surface area (Å²) >= 11 is 0. The number of nitrogens with zero attached hydrogens (tertiary/aromatic N) is 2. The van der Waals surface area contributed by atoms with Gasteiger partial charge >= 0.3 is 0 Å². The molecule has 0 aromatic heterocycles. The van der Waals surface area contributed by atoms with Gasteiger partial charge in [-0.2, -0.15) is 0 Å². The topological polar surface area (TPSA) is 26.4 Å². The van der Waals surface area contributed by atoms with Crippen molar-refractivity contribution in [2.45, 2.75) is 50.2 Å². The second kappa shape index (κ2) is 3.44. The number of hydrogen-bond acceptors (Lipinski definition) is 2. The molecule has 0 N–H and O–H groups in total. The Labute approximate surface area is 93.0 Å². The number of hydroxylamine groups is 2. The predicted molar refractivity (Wildman–Crippen MR) is 57.1 cm³/mol. The van der Waals surface area contributed by atoms with Gasteiger partial charge in [0.2, 0.25) is 0 Å². The zero-order chi connectivity index (χ0) is 11.3. The minimum absolute atomic E-state index is 0.192. The number of fused-ring (bicyclic) bond motifs is 2. The molecule has 5 radical (unpaired) electrons. The summed E-state index contributed by atoms with van der Waals surface area (Å²) in [6.45, 7) is 16.3. The highest BCUT2D eigenvalue weighted by atomic mass is 16.5. The summed E-state index contributed by atoms with van der Waals surface area (Å²) in [6, 6.07) is 0.212. The summed E-state index contributed by atoms with van der Waals surface area (Å²) in [5, 5.41) is 13.5. The lowest BCUT2D eigenvalue weighted by Crippen LogP contribution is -2.52. The normalized spacial score (nSPS) is 45.6. The molecule has 0 aromatic rings. The van der Waals surface area contributed by atoms with Crippen LogP contribution >= 0.6 is 0 Å². The van der Waals surface area contributed by atoms with Crippen LogP contribution in [0.4, 0.5) is 0 Å². The first-order valence-electron chi connectivity index (χ1n) is 5.59. The van der Waals surface area contributed by atoms with Crippen LogP contribution in [-0.2, 0) is 5.21 Å². The molecule has 0 spiro atoms. The van der Waals surface area contributed by atoms with Crippen molar-refractivity contribution in [1.82, 2.24) is 9.96 Å². The van der Waals surface area contributed by atoms with Crippen molar-refractivity contribution in [3.8, 4) is 0 Å². The fourth-order valence-corrected chi connectivity index (χ4v) is 3.32. The fourth-order valence-electron chi connectivity index (χ4n) is 3.32. The van der Waals surface area contributed by atoms with E-state index in [9.17, 15) is 5.21 Å². The van der Waals surface area contributed by atoms with Gasteiger partial charge in [-0.1, -0.05) is 0 Å². The van der Waals surface area contributed by atoms with Crippen molar-refractivity contribution in [3.05, 3.63) is 13.8 Å². The van der Waals surface area contributed by atoms with E-state index >= 15 is 0 Å². The van der Waals surface area contributed by atoms with Gasteiger partial charge in [0.05, 0.1) is 5.54 Å². The van der Waals surface area contributed by atoms with Crippen molar-refractivity contribution in [2.24, 2.45) is 0 Å². The molecule has 2 saturated heterocycles. The third-order valence-corrected chi connectivity index (χ3v) is 4.38. The van der Waals surface area contributed by atoms with Crippen LogP contribution < -0.4 is 0 Å². The van der Waals surface area contributed by atoms with E-state index in [-0.39, 0.29) is 17.1 Å². The average molecular weight is 207 g/mol. The van der Waals surface area contributed by atoms with Gasteiger partial charge in [0, 0.05) is 24.7 Å². The summed E-state index contributed by atoms with van der Waals surface area (Å²) in [7, 11) is 0. The predicted octanol–water partition coefficient (Wildman–Crippen LogP) is 1.44. The molecule has 3 nitrogen and oxygen atoms in total. The van der Waals surface area contributed by atoms with Crippen LogP contribution in [0.2, 0.25) is 0 Å². The lowest BCUT2D eigenvalue weighted by atomic mass is 9.79. The van der Waals surface area contributed by atoms with E-state index in [1.54, 1.807) is 0 Å². The van der Waals surface area contributed by atoms with Gasteiger partial charge in [-0.15, -0.1) is 10.3 Å². The molecule has 2 fully saturated rings. The maximum atomic E-state index is 12.2. The molecule has 2 heterocycles. The van der Waals surface area contributed by atoms with Gasteiger partial charge in [0.15, 0.2) is 0 Å². The zero-order valence-electron chi connectivity index (χ0n) is 9.57. The summed E-state index contributed by atoms with van der Waals surface area (Å²) in [5.41, 5.74) is -0.477. The Morgan fingerprint density at radius 1 is 1.33 bits per heavy atom. The van der Waals surface area contributed by atoms with Crippen molar-refractivity contribution in [1.29, 1.82) is 0 Å². The molecule has 2 bridgehead atoms. The molecule has 2 aliphatic rings. The number of hydrogen-bond donors (Lipinski definition) is 0. The lowest BCUT2D eigenvalue weighted by molar-refractivity contribution is -0.231. The minimum Gasteiger partial charge on any atom is -0.298 e. The van der Waals surface area contributed by atoms with Gasteiger partial charge < -0.3 is 0 Å². The first kappa shape index (κ1) is 11.4. The molecule has 0 aromatic carbocycles. The van der Waals surface area contributed by atoms with E-state index < -0.39 is 0 Å². The highest BCUT2D eigenvalue weighted by Crippen LogP contribution is 2.53. The first-order chi connectivity index (χ1) is 6.98. The lowest BCUT2D eigenvalue weighted by Gasteiger charge is -2.39. The molecule has 3 heteroatoms. The zero-order valence-corrected chi connectivity index (χ0v) is 9.57. The molecule has 15 heavy (non-hydrogen) atoms. The Bertz CT molecular complexity index is 254. The molecule has 3 unspecified atom stereocenters. The Kier molecular flexibility index (Phi) is 2.61. The van der Waals surface area contributed by atoms with Crippen LogP contribution in [0.15, 0.2) is 0 Å². The van der Waals surface area contributed by atoms with E-state index in [0.29, 0.717) is 13.1 Å². The van der Waals surface area contributed by atoms with Crippen LogP contribution in [-0.4, -0.2) is 40.2 Å². The Morgan fingerprint density at radius 3 is 2.27 bits per heavy atom. The highest BCUT2D eigenvalue weighted by molar-refractivity contribution is 5.16. The maximum absolute atomic E-state index is 12.2. The van der Waals surface area contributed by atoms with Crippen LogP contribution in [0.1, 0.15) is 33.1 Å². The van der Waals surface area contributed by atoms with E-state index in [1.165, 1.54) is 5.06 Å². The molecule has 0 amide bonds. The largest absolute Gasteiger partial charge is 0.298 e. The van der Waals surface area contributed by atoms with Crippen molar-refractivity contribution in [2.75, 3.05) is 13.1 Å². The average Bonchev–Trinajstić information content (AvgIpc) is 2.55. The second-order valence-corrected chi connectivity index (χ2v) is 5.32. The van der Waals surface area contributed by atoms with Crippen LogP contribution in [0.3, 0.4) is 0 Å². The number of rotatable bonds is 3. The standard InChI is InChI=1S/C12H19N2O/c1-5-13(6-2)10-9-11(3)7-8-12(10,4)14(11)15/h1-2,10H,5-9H2,3-4H3.